The fraction of sp³-hybridized carbons (Fsp3) is 0.444. The van der Waals surface area contributed by atoms with Crippen LogP contribution in [0.5, 0.6) is 17.2 Å². The van der Waals surface area contributed by atoms with Gasteiger partial charge in [0.2, 0.25) is 5.75 Å². The van der Waals surface area contributed by atoms with Crippen LogP contribution in [-0.2, 0) is 14.3 Å². The number of carbonyl (C=O) groups excluding carboxylic acids is 2. The molecule has 0 saturated carbocycles. The van der Waals surface area contributed by atoms with E-state index in [4.69, 9.17) is 18.9 Å². The number of methoxy groups -OCH3 is 3. The molecule has 24 heavy (non-hydrogen) atoms. The monoisotopic (exact) mass is 336 g/mol. The van der Waals surface area contributed by atoms with E-state index in [2.05, 4.69) is 0 Å². The van der Waals surface area contributed by atoms with Crippen molar-refractivity contribution in [1.29, 1.82) is 0 Å². The molecule has 0 bridgehead atoms. The average Bonchev–Trinajstić information content (AvgIpc) is 2.55. The van der Waals surface area contributed by atoms with E-state index in [1.165, 1.54) is 27.4 Å². The third-order valence-electron chi connectivity index (χ3n) is 3.28. The number of esters is 1. The van der Waals surface area contributed by atoms with Crippen molar-refractivity contribution in [2.24, 2.45) is 5.41 Å². The van der Waals surface area contributed by atoms with Crippen molar-refractivity contribution in [1.82, 2.24) is 0 Å². The molecule has 0 heterocycles. The lowest BCUT2D eigenvalue weighted by molar-refractivity contribution is -0.145. The number of hydrogen-bond donors (Lipinski definition) is 0. The van der Waals surface area contributed by atoms with Crippen LogP contribution in [0.3, 0.4) is 0 Å². The van der Waals surface area contributed by atoms with E-state index >= 15 is 0 Å². The Hall–Kier alpha value is -2.50. The zero-order chi connectivity index (χ0) is 18.3. The molecule has 0 amide bonds. The third kappa shape index (κ3) is 5.30. The summed E-state index contributed by atoms with van der Waals surface area (Å²) in [6.45, 7) is 5.07. The van der Waals surface area contributed by atoms with E-state index < -0.39 is 11.4 Å². The highest BCUT2D eigenvalue weighted by Crippen LogP contribution is 2.38. The molecule has 6 heteroatoms. The first-order valence-electron chi connectivity index (χ1n) is 7.41. The van der Waals surface area contributed by atoms with E-state index in [-0.39, 0.29) is 12.4 Å². The number of ether oxygens (including phenoxy) is 4. The quantitative estimate of drug-likeness (QED) is 0.563. The smallest absolute Gasteiger partial charge is 0.331 e. The van der Waals surface area contributed by atoms with Crippen LogP contribution in [0.4, 0.5) is 0 Å². The number of ketones is 1. The van der Waals surface area contributed by atoms with Gasteiger partial charge in [0, 0.05) is 11.5 Å². The normalized spacial score (nSPS) is 11.2. The van der Waals surface area contributed by atoms with Gasteiger partial charge >= 0.3 is 5.97 Å². The molecule has 132 valence electrons. The summed E-state index contributed by atoms with van der Waals surface area (Å²) >= 11 is 0. The third-order valence-corrected chi connectivity index (χ3v) is 3.28. The molecular formula is C18H24O6. The van der Waals surface area contributed by atoms with Gasteiger partial charge in [-0.3, -0.25) is 4.79 Å². The highest BCUT2D eigenvalue weighted by atomic mass is 16.5. The van der Waals surface area contributed by atoms with Crippen molar-refractivity contribution in [3.63, 3.8) is 0 Å². The Morgan fingerprint density at radius 1 is 1.00 bits per heavy atom. The van der Waals surface area contributed by atoms with Gasteiger partial charge in [-0.25, -0.2) is 4.79 Å². The molecule has 6 nitrogen and oxygen atoms in total. The predicted octanol–water partition coefficient (Wildman–Crippen LogP) is 2.88. The Kier molecular flexibility index (Phi) is 6.82. The molecule has 1 rings (SSSR count). The number of rotatable bonds is 7. The second-order valence-corrected chi connectivity index (χ2v) is 6.07. The number of hydrogen-bond acceptors (Lipinski definition) is 6. The molecule has 0 spiro atoms. The average molecular weight is 336 g/mol. The number of carbonyl (C=O) groups is 2. The molecule has 0 unspecified atom stereocenters. The lowest BCUT2D eigenvalue weighted by Crippen LogP contribution is -2.25. The molecule has 1 aromatic carbocycles. The van der Waals surface area contributed by atoms with Gasteiger partial charge in [0.25, 0.3) is 0 Å². The maximum Gasteiger partial charge on any atom is 0.331 e. The summed E-state index contributed by atoms with van der Waals surface area (Å²) in [6.07, 6.45) is 2.80. The summed E-state index contributed by atoms with van der Waals surface area (Å²) in [7, 11) is 4.54. The Bertz CT molecular complexity index is 600. The summed E-state index contributed by atoms with van der Waals surface area (Å²) in [5.74, 6) is 0.689. The van der Waals surface area contributed by atoms with Crippen LogP contribution in [-0.4, -0.2) is 39.7 Å². The van der Waals surface area contributed by atoms with Crippen LogP contribution in [0.25, 0.3) is 6.08 Å². The summed E-state index contributed by atoms with van der Waals surface area (Å²) in [6, 6.07) is 3.40. The van der Waals surface area contributed by atoms with Gasteiger partial charge in [-0.05, 0) is 23.8 Å². The van der Waals surface area contributed by atoms with Crippen molar-refractivity contribution in [2.75, 3.05) is 27.9 Å². The highest BCUT2D eigenvalue weighted by Gasteiger charge is 2.22. The summed E-state index contributed by atoms with van der Waals surface area (Å²) in [5.41, 5.74) is 0.129. The van der Waals surface area contributed by atoms with Gasteiger partial charge in [-0.2, -0.15) is 0 Å². The van der Waals surface area contributed by atoms with Gasteiger partial charge in [0.15, 0.2) is 23.9 Å². The second kappa shape index (κ2) is 8.38. The van der Waals surface area contributed by atoms with Gasteiger partial charge in [-0.1, -0.05) is 20.8 Å². The van der Waals surface area contributed by atoms with Gasteiger partial charge in [0.05, 0.1) is 21.3 Å². The number of Topliss-reactive ketones (excluding diaryl/α,β-unsaturated/α-hetero) is 1. The van der Waals surface area contributed by atoms with Gasteiger partial charge < -0.3 is 18.9 Å². The van der Waals surface area contributed by atoms with E-state index in [1.54, 1.807) is 39.0 Å². The number of benzene rings is 1. The molecule has 0 saturated heterocycles. The Balaban J connectivity index is 2.83. The molecule has 0 radical (unpaired) electrons. The Morgan fingerprint density at radius 3 is 1.96 bits per heavy atom. The van der Waals surface area contributed by atoms with Crippen molar-refractivity contribution in [2.45, 2.75) is 20.8 Å². The predicted molar refractivity (Wildman–Crippen MR) is 90.6 cm³/mol. The van der Waals surface area contributed by atoms with Crippen molar-refractivity contribution in [3.8, 4) is 17.2 Å². The zero-order valence-electron chi connectivity index (χ0n) is 15.0. The largest absolute Gasteiger partial charge is 0.493 e. The van der Waals surface area contributed by atoms with E-state index in [9.17, 15) is 9.59 Å². The van der Waals surface area contributed by atoms with Gasteiger partial charge in [-0.15, -0.1) is 0 Å². The summed E-state index contributed by atoms with van der Waals surface area (Å²) < 4.78 is 20.7. The molecule has 0 aromatic heterocycles. The first-order chi connectivity index (χ1) is 11.2. The van der Waals surface area contributed by atoms with Crippen molar-refractivity contribution in [3.05, 3.63) is 23.8 Å². The Morgan fingerprint density at radius 2 is 1.54 bits per heavy atom. The first-order valence-corrected chi connectivity index (χ1v) is 7.41. The lowest BCUT2D eigenvalue weighted by Gasteiger charge is -2.15. The molecule has 0 N–H and O–H groups in total. The van der Waals surface area contributed by atoms with E-state index in [1.807, 2.05) is 0 Å². The second-order valence-electron chi connectivity index (χ2n) is 6.07. The van der Waals surface area contributed by atoms with Gasteiger partial charge in [0.1, 0.15) is 0 Å². The maximum atomic E-state index is 11.7. The van der Waals surface area contributed by atoms with Crippen LogP contribution in [0, 0.1) is 5.41 Å². The molecule has 0 aliphatic carbocycles. The molecule has 1 aromatic rings. The highest BCUT2D eigenvalue weighted by molar-refractivity contribution is 5.91. The van der Waals surface area contributed by atoms with E-state index in [0.717, 1.165) is 0 Å². The standard InChI is InChI=1S/C18H24O6/c1-18(2,3)15(19)11-24-16(20)8-7-12-9-13(21-4)17(23-6)14(10-12)22-5/h7-10H,11H2,1-6H3/b8-7+. The minimum absolute atomic E-state index is 0.142. The molecule has 0 aliphatic rings. The fourth-order valence-electron chi connectivity index (χ4n) is 1.76. The molecule has 0 aliphatic heterocycles. The molecule has 0 atom stereocenters. The lowest BCUT2D eigenvalue weighted by atomic mass is 9.91. The van der Waals surface area contributed by atoms with Crippen LogP contribution in [0.15, 0.2) is 18.2 Å². The van der Waals surface area contributed by atoms with Crippen LogP contribution in [0.2, 0.25) is 0 Å². The van der Waals surface area contributed by atoms with E-state index in [0.29, 0.717) is 22.8 Å². The molecule has 0 fully saturated rings. The fourth-order valence-corrected chi connectivity index (χ4v) is 1.76. The van der Waals surface area contributed by atoms with Crippen molar-refractivity contribution < 1.29 is 28.5 Å². The Labute approximate surface area is 142 Å². The van der Waals surface area contributed by atoms with Crippen LogP contribution >= 0.6 is 0 Å². The molecular weight excluding hydrogens is 312 g/mol. The van der Waals surface area contributed by atoms with Crippen LogP contribution in [0.1, 0.15) is 26.3 Å². The van der Waals surface area contributed by atoms with Crippen molar-refractivity contribution >= 4 is 17.8 Å². The first kappa shape index (κ1) is 19.5. The zero-order valence-corrected chi connectivity index (χ0v) is 15.0. The minimum atomic E-state index is -0.596. The van der Waals surface area contributed by atoms with Crippen LogP contribution < -0.4 is 14.2 Å². The maximum absolute atomic E-state index is 11.7. The SMILES string of the molecule is COc1cc(/C=C/C(=O)OCC(=O)C(C)(C)C)cc(OC)c1OC. The summed E-state index contributed by atoms with van der Waals surface area (Å²) in [4.78, 5) is 23.5. The minimum Gasteiger partial charge on any atom is -0.493 e. The summed E-state index contributed by atoms with van der Waals surface area (Å²) in [5, 5.41) is 0. The topological polar surface area (TPSA) is 71.1 Å².